The fraction of sp³-hybridized carbons (Fsp3) is 0.409. The van der Waals surface area contributed by atoms with Crippen molar-refractivity contribution in [1.82, 2.24) is 19.4 Å². The number of halogens is 2. The highest BCUT2D eigenvalue weighted by Crippen LogP contribution is 2.36. The molecule has 0 aliphatic heterocycles. The SMILES string of the molecule is CN(C)C(=O)C(O)c1cncc(-c2cnc3c(c(I)cn3COCC[Si](C)(C)C)c2Cl)c1. The van der Waals surface area contributed by atoms with Gasteiger partial charge in [-0.3, -0.25) is 9.78 Å². The standard InChI is InChI=1S/C22H28ClIN4O3Si/c1-27(2)22(30)20(29)15-8-14(9-25-10-15)16-11-26-21-18(19(16)23)17(24)12-28(21)13-31-6-7-32(3,4)5/h8-12,20,29H,6-7,13H2,1-5H3. The summed E-state index contributed by atoms with van der Waals surface area (Å²) in [6.07, 6.45) is 5.51. The first-order valence-corrected chi connectivity index (χ1v) is 15.4. The summed E-state index contributed by atoms with van der Waals surface area (Å²) in [5.74, 6) is -0.413. The maximum Gasteiger partial charge on any atom is 0.255 e. The summed E-state index contributed by atoms with van der Waals surface area (Å²) in [5.41, 5.74) is 2.53. The van der Waals surface area contributed by atoms with Crippen molar-refractivity contribution in [2.75, 3.05) is 20.7 Å². The molecule has 1 atom stereocenters. The van der Waals surface area contributed by atoms with E-state index in [2.05, 4.69) is 52.2 Å². The van der Waals surface area contributed by atoms with Gasteiger partial charge in [-0.05, 0) is 34.7 Å². The van der Waals surface area contributed by atoms with Crippen molar-refractivity contribution >= 4 is 59.2 Å². The predicted octanol–water partition coefficient (Wildman–Crippen LogP) is 4.79. The van der Waals surface area contributed by atoms with E-state index in [0.717, 1.165) is 27.3 Å². The Morgan fingerprint density at radius 1 is 1.31 bits per heavy atom. The molecule has 172 valence electrons. The monoisotopic (exact) mass is 586 g/mol. The Morgan fingerprint density at radius 3 is 2.69 bits per heavy atom. The second-order valence-electron chi connectivity index (χ2n) is 9.12. The van der Waals surface area contributed by atoms with Gasteiger partial charge < -0.3 is 19.3 Å². The largest absolute Gasteiger partial charge is 0.378 e. The van der Waals surface area contributed by atoms with Crippen LogP contribution in [0.25, 0.3) is 22.2 Å². The lowest BCUT2D eigenvalue weighted by Crippen LogP contribution is -2.28. The molecule has 0 saturated heterocycles. The molecule has 1 N–H and O–H groups in total. The van der Waals surface area contributed by atoms with Crippen molar-refractivity contribution in [2.24, 2.45) is 0 Å². The number of likely N-dealkylation sites (N-methyl/N-ethyl adjacent to an activating group) is 1. The van der Waals surface area contributed by atoms with E-state index in [9.17, 15) is 9.90 Å². The molecule has 32 heavy (non-hydrogen) atoms. The highest BCUT2D eigenvalue weighted by Gasteiger charge is 2.21. The number of ether oxygens (including phenoxy) is 1. The molecule has 0 saturated carbocycles. The Balaban J connectivity index is 1.90. The number of fused-ring (bicyclic) bond motifs is 1. The number of nitrogens with zero attached hydrogens (tertiary/aromatic N) is 4. The van der Waals surface area contributed by atoms with Gasteiger partial charge in [-0.1, -0.05) is 31.2 Å². The molecule has 7 nitrogen and oxygen atoms in total. The number of aromatic nitrogens is 3. The van der Waals surface area contributed by atoms with Crippen molar-refractivity contribution in [1.29, 1.82) is 0 Å². The zero-order valence-corrected chi connectivity index (χ0v) is 22.8. The third-order valence-corrected chi connectivity index (χ3v) is 7.98. The van der Waals surface area contributed by atoms with Gasteiger partial charge in [0.15, 0.2) is 6.10 Å². The number of pyridine rings is 2. The van der Waals surface area contributed by atoms with E-state index in [1.807, 2.05) is 10.8 Å². The van der Waals surface area contributed by atoms with Gasteiger partial charge in [0.2, 0.25) is 0 Å². The van der Waals surface area contributed by atoms with E-state index >= 15 is 0 Å². The number of hydrogen-bond donors (Lipinski definition) is 1. The van der Waals surface area contributed by atoms with Crippen molar-refractivity contribution in [3.8, 4) is 11.1 Å². The van der Waals surface area contributed by atoms with Crippen molar-refractivity contribution in [3.05, 3.63) is 45.0 Å². The summed E-state index contributed by atoms with van der Waals surface area (Å²) in [6.45, 7) is 8.12. The summed E-state index contributed by atoms with van der Waals surface area (Å²) in [6, 6.07) is 2.82. The molecule has 3 rings (SSSR count). The Bertz CT molecular complexity index is 1130. The second kappa shape index (κ2) is 10.2. The molecule has 1 unspecified atom stereocenters. The number of aliphatic hydroxyl groups is 1. The highest BCUT2D eigenvalue weighted by atomic mass is 127. The zero-order valence-electron chi connectivity index (χ0n) is 18.9. The summed E-state index contributed by atoms with van der Waals surface area (Å²) in [5, 5.41) is 11.8. The van der Waals surface area contributed by atoms with Crippen LogP contribution in [0.3, 0.4) is 0 Å². The summed E-state index contributed by atoms with van der Waals surface area (Å²) in [7, 11) is 2.05. The minimum absolute atomic E-state index is 0.403. The van der Waals surface area contributed by atoms with Crippen molar-refractivity contribution in [2.45, 2.75) is 38.5 Å². The summed E-state index contributed by atoms with van der Waals surface area (Å²) in [4.78, 5) is 22.3. The molecular formula is C22H28ClIN4O3Si. The van der Waals surface area contributed by atoms with Crippen LogP contribution in [0.1, 0.15) is 11.7 Å². The third-order valence-electron chi connectivity index (χ3n) is 5.06. The van der Waals surface area contributed by atoms with Gasteiger partial charge in [0.1, 0.15) is 12.4 Å². The van der Waals surface area contributed by atoms with Crippen LogP contribution in [-0.4, -0.2) is 59.2 Å². The van der Waals surface area contributed by atoms with Gasteiger partial charge in [-0.2, -0.15) is 0 Å². The van der Waals surface area contributed by atoms with Crippen LogP contribution in [-0.2, 0) is 16.3 Å². The molecule has 3 aromatic heterocycles. The number of aliphatic hydroxyl groups excluding tert-OH is 1. The zero-order chi connectivity index (χ0) is 23.6. The lowest BCUT2D eigenvalue weighted by Gasteiger charge is -2.16. The molecular weight excluding hydrogens is 559 g/mol. The molecule has 0 aromatic carbocycles. The number of carbonyl (C=O) groups is 1. The molecule has 0 aliphatic carbocycles. The molecule has 10 heteroatoms. The highest BCUT2D eigenvalue weighted by molar-refractivity contribution is 14.1. The van der Waals surface area contributed by atoms with Gasteiger partial charge in [-0.25, -0.2) is 4.98 Å². The fourth-order valence-corrected chi connectivity index (χ4v) is 5.26. The molecule has 0 fully saturated rings. The summed E-state index contributed by atoms with van der Waals surface area (Å²) >= 11 is 9.05. The average molecular weight is 587 g/mol. The van der Waals surface area contributed by atoms with E-state index < -0.39 is 20.1 Å². The van der Waals surface area contributed by atoms with Crippen LogP contribution in [0.4, 0.5) is 0 Å². The first kappa shape index (κ1) is 25.1. The Hall–Kier alpha value is -1.53. The van der Waals surface area contributed by atoms with Gasteiger partial charge in [0.25, 0.3) is 5.91 Å². The predicted molar refractivity (Wildman–Crippen MR) is 138 cm³/mol. The third kappa shape index (κ3) is 5.68. The van der Waals surface area contributed by atoms with Crippen LogP contribution in [0.2, 0.25) is 30.7 Å². The number of amides is 1. The number of carbonyl (C=O) groups excluding carboxylic acids is 1. The van der Waals surface area contributed by atoms with E-state index in [-0.39, 0.29) is 0 Å². The van der Waals surface area contributed by atoms with Crippen LogP contribution < -0.4 is 0 Å². The maximum absolute atomic E-state index is 12.1. The second-order valence-corrected chi connectivity index (χ2v) is 16.3. The molecule has 0 spiro atoms. The number of rotatable bonds is 8. The van der Waals surface area contributed by atoms with Crippen LogP contribution in [0, 0.1) is 3.57 Å². The Labute approximate surface area is 207 Å². The average Bonchev–Trinajstić information content (AvgIpc) is 3.06. The van der Waals surface area contributed by atoms with Crippen molar-refractivity contribution in [3.63, 3.8) is 0 Å². The number of hydrogen-bond acceptors (Lipinski definition) is 5. The Morgan fingerprint density at radius 2 is 2.03 bits per heavy atom. The van der Waals surface area contributed by atoms with Gasteiger partial charge in [0, 0.05) is 73.8 Å². The quantitative estimate of drug-likeness (QED) is 0.233. The maximum atomic E-state index is 12.1. The van der Waals surface area contributed by atoms with E-state index in [4.69, 9.17) is 16.3 Å². The molecule has 0 bridgehead atoms. The molecule has 3 aromatic rings. The molecule has 3 heterocycles. The smallest absolute Gasteiger partial charge is 0.255 e. The fourth-order valence-electron chi connectivity index (χ4n) is 3.15. The van der Waals surface area contributed by atoms with Crippen LogP contribution in [0.15, 0.2) is 30.9 Å². The lowest BCUT2D eigenvalue weighted by molar-refractivity contribution is -0.137. The topological polar surface area (TPSA) is 80.5 Å². The van der Waals surface area contributed by atoms with Crippen LogP contribution >= 0.6 is 34.2 Å². The lowest BCUT2D eigenvalue weighted by atomic mass is 10.0. The van der Waals surface area contributed by atoms with Gasteiger partial charge >= 0.3 is 0 Å². The Kier molecular flexibility index (Phi) is 7.97. The van der Waals surface area contributed by atoms with Gasteiger partial charge in [-0.15, -0.1) is 0 Å². The van der Waals surface area contributed by atoms with Gasteiger partial charge in [0.05, 0.1) is 10.4 Å². The van der Waals surface area contributed by atoms with E-state index in [1.165, 1.54) is 11.1 Å². The minimum atomic E-state index is -1.29. The first-order chi connectivity index (χ1) is 15.0. The van der Waals surface area contributed by atoms with Crippen LogP contribution in [0.5, 0.6) is 0 Å². The first-order valence-electron chi connectivity index (χ1n) is 10.2. The molecule has 0 aliphatic rings. The van der Waals surface area contributed by atoms with Crippen molar-refractivity contribution < 1.29 is 14.6 Å². The minimum Gasteiger partial charge on any atom is -0.378 e. The summed E-state index contributed by atoms with van der Waals surface area (Å²) < 4.78 is 8.83. The van der Waals surface area contributed by atoms with E-state index in [1.54, 1.807) is 32.6 Å². The normalized spacial score (nSPS) is 12.9. The molecule has 0 radical (unpaired) electrons. The molecule has 1 amide bonds. The van der Waals surface area contributed by atoms with E-state index in [0.29, 0.717) is 28.4 Å².